The molecule has 2 N–H and O–H groups in total. The van der Waals surface area contributed by atoms with Gasteiger partial charge in [-0.1, -0.05) is 18.7 Å². The summed E-state index contributed by atoms with van der Waals surface area (Å²) >= 11 is 0. The van der Waals surface area contributed by atoms with Crippen molar-refractivity contribution in [3.05, 3.63) is 36.9 Å². The second kappa shape index (κ2) is 6.50. The van der Waals surface area contributed by atoms with Crippen molar-refractivity contribution < 1.29 is 9.53 Å². The van der Waals surface area contributed by atoms with Gasteiger partial charge in [0.2, 0.25) is 5.91 Å². The third-order valence-corrected chi connectivity index (χ3v) is 1.93. The van der Waals surface area contributed by atoms with E-state index in [0.29, 0.717) is 6.61 Å². The zero-order valence-corrected chi connectivity index (χ0v) is 9.32. The number of nitrogens with one attached hydrogen (secondary N) is 2. The van der Waals surface area contributed by atoms with Crippen LogP contribution in [0.1, 0.15) is 0 Å². The Morgan fingerprint density at radius 3 is 3.06 bits per heavy atom. The average Bonchev–Trinajstić information content (AvgIpc) is 2.34. The monoisotopic (exact) mass is 220 g/mol. The Hall–Kier alpha value is -1.97. The van der Waals surface area contributed by atoms with E-state index in [0.717, 1.165) is 11.4 Å². The number of rotatable bonds is 6. The molecule has 4 nitrogen and oxygen atoms in total. The summed E-state index contributed by atoms with van der Waals surface area (Å²) in [6.45, 7) is 4.30. The molecule has 0 unspecified atom stereocenters. The lowest BCUT2D eigenvalue weighted by Gasteiger charge is -2.08. The fourth-order valence-electron chi connectivity index (χ4n) is 1.12. The Labute approximate surface area is 95.3 Å². The number of hydrogen-bond donors (Lipinski definition) is 2. The fourth-order valence-corrected chi connectivity index (χ4v) is 1.12. The predicted molar refractivity (Wildman–Crippen MR) is 64.7 cm³/mol. The third-order valence-electron chi connectivity index (χ3n) is 1.93. The molecule has 0 aliphatic rings. The van der Waals surface area contributed by atoms with Crippen LogP contribution in [0.15, 0.2) is 36.9 Å². The number of anilines is 1. The first kappa shape index (κ1) is 12.1. The molecule has 0 bridgehead atoms. The largest absolute Gasteiger partial charge is 0.489 e. The Bertz CT molecular complexity index is 364. The smallest absolute Gasteiger partial charge is 0.239 e. The second-order valence-corrected chi connectivity index (χ2v) is 3.15. The van der Waals surface area contributed by atoms with Crippen LogP contribution in [0.25, 0.3) is 0 Å². The fraction of sp³-hybridized carbons (Fsp3) is 0.250. The summed E-state index contributed by atoms with van der Waals surface area (Å²) in [4.78, 5) is 11.0. The van der Waals surface area contributed by atoms with Gasteiger partial charge in [-0.05, 0) is 12.1 Å². The van der Waals surface area contributed by atoms with Gasteiger partial charge < -0.3 is 15.4 Å². The van der Waals surface area contributed by atoms with Crippen molar-refractivity contribution in [2.24, 2.45) is 0 Å². The van der Waals surface area contributed by atoms with Crippen molar-refractivity contribution in [1.29, 1.82) is 0 Å². The van der Waals surface area contributed by atoms with Crippen LogP contribution in [0, 0.1) is 0 Å². The van der Waals surface area contributed by atoms with E-state index in [-0.39, 0.29) is 12.5 Å². The van der Waals surface area contributed by atoms with Crippen molar-refractivity contribution in [1.82, 2.24) is 5.32 Å². The van der Waals surface area contributed by atoms with Gasteiger partial charge in [-0.2, -0.15) is 0 Å². The molecule has 0 aliphatic carbocycles. The molecule has 4 heteroatoms. The van der Waals surface area contributed by atoms with E-state index in [9.17, 15) is 4.79 Å². The minimum atomic E-state index is -0.0580. The molecular formula is C12H16N2O2. The summed E-state index contributed by atoms with van der Waals surface area (Å²) in [6, 6.07) is 7.44. The lowest BCUT2D eigenvalue weighted by atomic mass is 10.3. The molecule has 1 rings (SSSR count). The number of benzene rings is 1. The van der Waals surface area contributed by atoms with Gasteiger partial charge in [-0.3, -0.25) is 4.79 Å². The van der Waals surface area contributed by atoms with Gasteiger partial charge in [0.15, 0.2) is 0 Å². The van der Waals surface area contributed by atoms with Crippen molar-refractivity contribution in [3.63, 3.8) is 0 Å². The van der Waals surface area contributed by atoms with E-state index in [4.69, 9.17) is 4.74 Å². The molecule has 1 amide bonds. The minimum absolute atomic E-state index is 0.0580. The number of amides is 1. The van der Waals surface area contributed by atoms with Gasteiger partial charge in [-0.15, -0.1) is 0 Å². The summed E-state index contributed by atoms with van der Waals surface area (Å²) in [6.07, 6.45) is 1.69. The van der Waals surface area contributed by atoms with Crippen LogP contribution in [0.5, 0.6) is 5.75 Å². The van der Waals surface area contributed by atoms with Gasteiger partial charge in [-0.25, -0.2) is 0 Å². The summed E-state index contributed by atoms with van der Waals surface area (Å²) in [5.41, 5.74) is 0.852. The van der Waals surface area contributed by atoms with Crippen molar-refractivity contribution in [2.45, 2.75) is 0 Å². The highest BCUT2D eigenvalue weighted by atomic mass is 16.5. The number of likely N-dealkylation sites (N-methyl/N-ethyl adjacent to an activating group) is 1. The quantitative estimate of drug-likeness (QED) is 0.713. The zero-order valence-electron chi connectivity index (χ0n) is 9.32. The zero-order chi connectivity index (χ0) is 11.8. The maximum atomic E-state index is 11.0. The second-order valence-electron chi connectivity index (χ2n) is 3.15. The van der Waals surface area contributed by atoms with Crippen LogP contribution in [0.3, 0.4) is 0 Å². The lowest BCUT2D eigenvalue weighted by Crippen LogP contribution is -2.26. The van der Waals surface area contributed by atoms with E-state index in [1.54, 1.807) is 13.1 Å². The Morgan fingerprint density at radius 2 is 2.38 bits per heavy atom. The first-order chi connectivity index (χ1) is 7.76. The summed E-state index contributed by atoms with van der Waals surface area (Å²) in [7, 11) is 1.60. The molecule has 0 radical (unpaired) electrons. The highest BCUT2D eigenvalue weighted by molar-refractivity contribution is 5.80. The molecule has 0 spiro atoms. The molecule has 0 heterocycles. The molecule has 0 saturated carbocycles. The highest BCUT2D eigenvalue weighted by Gasteiger charge is 1.99. The normalized spacial score (nSPS) is 9.31. The van der Waals surface area contributed by atoms with E-state index in [2.05, 4.69) is 17.2 Å². The van der Waals surface area contributed by atoms with E-state index >= 15 is 0 Å². The molecule has 1 aromatic carbocycles. The Balaban J connectivity index is 2.53. The molecule has 0 aliphatic heterocycles. The standard InChI is InChI=1S/C12H16N2O2/c1-3-7-16-11-6-4-5-10(8-11)14-9-12(15)13-2/h3-6,8,14H,1,7,9H2,2H3,(H,13,15). The molecule has 16 heavy (non-hydrogen) atoms. The Morgan fingerprint density at radius 1 is 1.56 bits per heavy atom. The molecule has 1 aromatic rings. The summed E-state index contributed by atoms with van der Waals surface area (Å²) in [5, 5.41) is 5.53. The van der Waals surface area contributed by atoms with Crippen molar-refractivity contribution >= 4 is 11.6 Å². The maximum absolute atomic E-state index is 11.0. The minimum Gasteiger partial charge on any atom is -0.489 e. The molecule has 0 saturated heterocycles. The van der Waals surface area contributed by atoms with Crippen LogP contribution in [0.2, 0.25) is 0 Å². The molecule has 0 fully saturated rings. The van der Waals surface area contributed by atoms with Gasteiger partial charge in [0.1, 0.15) is 12.4 Å². The van der Waals surface area contributed by atoms with E-state index in [1.807, 2.05) is 24.3 Å². The lowest BCUT2D eigenvalue weighted by molar-refractivity contribution is -0.118. The van der Waals surface area contributed by atoms with Crippen LogP contribution < -0.4 is 15.4 Å². The van der Waals surface area contributed by atoms with Gasteiger partial charge >= 0.3 is 0 Å². The topological polar surface area (TPSA) is 50.4 Å². The number of carbonyl (C=O) groups is 1. The van der Waals surface area contributed by atoms with Gasteiger partial charge in [0.25, 0.3) is 0 Å². The molecule has 0 atom stereocenters. The summed E-state index contributed by atoms with van der Waals surface area (Å²) < 4.78 is 5.37. The third kappa shape index (κ3) is 4.04. The van der Waals surface area contributed by atoms with Crippen LogP contribution in [-0.2, 0) is 4.79 Å². The Kier molecular flexibility index (Phi) is 4.92. The predicted octanol–water partition coefficient (Wildman–Crippen LogP) is 1.41. The summed E-state index contributed by atoms with van der Waals surface area (Å²) in [5.74, 6) is 0.694. The highest BCUT2D eigenvalue weighted by Crippen LogP contribution is 2.16. The molecule has 0 aromatic heterocycles. The maximum Gasteiger partial charge on any atom is 0.239 e. The number of ether oxygens (including phenoxy) is 1. The van der Waals surface area contributed by atoms with Crippen molar-refractivity contribution in [2.75, 3.05) is 25.5 Å². The van der Waals surface area contributed by atoms with E-state index < -0.39 is 0 Å². The number of carbonyl (C=O) groups excluding carboxylic acids is 1. The average molecular weight is 220 g/mol. The van der Waals surface area contributed by atoms with Gasteiger partial charge in [0.05, 0.1) is 6.54 Å². The van der Waals surface area contributed by atoms with Crippen LogP contribution in [-0.4, -0.2) is 26.1 Å². The molecule has 86 valence electrons. The van der Waals surface area contributed by atoms with Crippen LogP contribution >= 0.6 is 0 Å². The first-order valence-electron chi connectivity index (χ1n) is 5.04. The SMILES string of the molecule is C=CCOc1cccc(NCC(=O)NC)c1. The first-order valence-corrected chi connectivity index (χ1v) is 5.04. The number of hydrogen-bond acceptors (Lipinski definition) is 3. The van der Waals surface area contributed by atoms with Crippen molar-refractivity contribution in [3.8, 4) is 5.75 Å². The van der Waals surface area contributed by atoms with Gasteiger partial charge in [0, 0.05) is 18.8 Å². The van der Waals surface area contributed by atoms with Crippen LogP contribution in [0.4, 0.5) is 5.69 Å². The van der Waals surface area contributed by atoms with E-state index in [1.165, 1.54) is 0 Å². The molecular weight excluding hydrogens is 204 g/mol.